The maximum absolute atomic E-state index is 13.6. The number of carbonyl (C=O) groups is 1. The van der Waals surface area contributed by atoms with Crippen molar-refractivity contribution >= 4 is 35.1 Å². The highest BCUT2D eigenvalue weighted by molar-refractivity contribution is 6.03. The van der Waals surface area contributed by atoms with Crippen LogP contribution in [-0.2, 0) is 11.2 Å². The van der Waals surface area contributed by atoms with Crippen molar-refractivity contribution in [2.24, 2.45) is 0 Å². The average molecular weight is 531 g/mol. The minimum atomic E-state index is -0.215. The molecule has 0 radical (unpaired) electrons. The summed E-state index contributed by atoms with van der Waals surface area (Å²) in [4.78, 5) is 40.3. The maximum atomic E-state index is 13.6. The van der Waals surface area contributed by atoms with Crippen molar-refractivity contribution in [2.75, 3.05) is 91.3 Å². The molecule has 6 rings (SSSR count). The van der Waals surface area contributed by atoms with Crippen molar-refractivity contribution in [3.05, 3.63) is 42.2 Å². The molecule has 0 atom stereocenters. The Morgan fingerprint density at radius 3 is 2.51 bits per heavy atom. The van der Waals surface area contributed by atoms with Gasteiger partial charge in [-0.1, -0.05) is 13.0 Å². The molecule has 0 bridgehead atoms. The number of ether oxygens (including phenoxy) is 1. The molecule has 12 heteroatoms. The van der Waals surface area contributed by atoms with Crippen LogP contribution in [0, 0.1) is 0 Å². The monoisotopic (exact) mass is 530 g/mol. The molecule has 0 aliphatic carbocycles. The molecule has 0 unspecified atom stereocenters. The summed E-state index contributed by atoms with van der Waals surface area (Å²) in [6.45, 7) is 10.4. The number of amides is 2. The lowest BCUT2D eigenvalue weighted by Gasteiger charge is -2.35. The summed E-state index contributed by atoms with van der Waals surface area (Å²) >= 11 is 0. The average Bonchev–Trinajstić information content (AvgIpc) is 3.42. The van der Waals surface area contributed by atoms with E-state index in [2.05, 4.69) is 43.0 Å². The molecule has 1 aromatic carbocycles. The molecular formula is C27H34N10O2. The molecule has 0 saturated carbocycles. The summed E-state index contributed by atoms with van der Waals surface area (Å²) in [5.74, 6) is 1.38. The van der Waals surface area contributed by atoms with E-state index in [4.69, 9.17) is 20.4 Å². The number of urea groups is 1. The van der Waals surface area contributed by atoms with Gasteiger partial charge in [0.2, 0.25) is 11.9 Å². The van der Waals surface area contributed by atoms with Crippen molar-refractivity contribution in [2.45, 2.75) is 13.3 Å². The van der Waals surface area contributed by atoms with Crippen molar-refractivity contribution in [1.29, 1.82) is 0 Å². The predicted molar refractivity (Wildman–Crippen MR) is 151 cm³/mol. The number of hydrogen-bond acceptors (Lipinski definition) is 10. The number of likely N-dealkylation sites (N-methyl/N-ethyl adjacent to an activating group) is 1. The van der Waals surface area contributed by atoms with Gasteiger partial charge in [-0.3, -0.25) is 4.90 Å². The van der Waals surface area contributed by atoms with Crippen LogP contribution in [0.4, 0.5) is 33.9 Å². The SMILES string of the molecule is CCN1CCN(c2cccc(NC(=O)N3CCc4c(-c5cnc(N)nc5)nc(N5CCOCC5)nc43)c2)CC1. The highest BCUT2D eigenvalue weighted by Gasteiger charge is 2.32. The van der Waals surface area contributed by atoms with Gasteiger partial charge in [-0.2, -0.15) is 4.98 Å². The number of nitrogens with two attached hydrogens (primary N) is 1. The molecule has 204 valence electrons. The number of piperazine rings is 1. The number of nitrogen functional groups attached to an aromatic ring is 1. The Kier molecular flexibility index (Phi) is 7.12. The van der Waals surface area contributed by atoms with Crippen LogP contribution in [0.25, 0.3) is 11.3 Å². The van der Waals surface area contributed by atoms with Crippen molar-refractivity contribution < 1.29 is 9.53 Å². The van der Waals surface area contributed by atoms with Crippen LogP contribution < -0.4 is 25.8 Å². The third-order valence-electron chi connectivity index (χ3n) is 7.58. The van der Waals surface area contributed by atoms with Gasteiger partial charge in [0.05, 0.1) is 18.9 Å². The Bertz CT molecular complexity index is 1320. The summed E-state index contributed by atoms with van der Waals surface area (Å²) < 4.78 is 5.52. The van der Waals surface area contributed by atoms with E-state index in [9.17, 15) is 4.79 Å². The standard InChI is InChI=1S/C27H34N10O2/c1-2-34-8-10-35(11-9-34)21-5-3-4-20(16-21)31-27(38)37-7-6-22-23(19-17-29-25(28)30-18-19)32-26(33-24(22)37)36-12-14-39-15-13-36/h3-5,16-18H,2,6-15H2,1H3,(H,31,38)(H2,28,29,30). The maximum Gasteiger partial charge on any atom is 0.327 e. The number of fused-ring (bicyclic) bond motifs is 1. The first kappa shape index (κ1) is 25.3. The number of aromatic nitrogens is 4. The highest BCUT2D eigenvalue weighted by atomic mass is 16.5. The number of rotatable bonds is 5. The quantitative estimate of drug-likeness (QED) is 0.506. The van der Waals surface area contributed by atoms with Gasteiger partial charge in [-0.05, 0) is 31.2 Å². The fourth-order valence-electron chi connectivity index (χ4n) is 5.34. The molecule has 3 aromatic rings. The largest absolute Gasteiger partial charge is 0.378 e. The lowest BCUT2D eigenvalue weighted by Crippen LogP contribution is -2.46. The molecule has 5 heterocycles. The Hall–Kier alpha value is -4.03. The summed E-state index contributed by atoms with van der Waals surface area (Å²) in [6.07, 6.45) is 3.97. The van der Waals surface area contributed by atoms with E-state index in [1.54, 1.807) is 17.3 Å². The number of carbonyl (C=O) groups excluding carboxylic acids is 1. The van der Waals surface area contributed by atoms with Crippen molar-refractivity contribution in [3.8, 4) is 11.3 Å². The van der Waals surface area contributed by atoms with Crippen LogP contribution in [0.3, 0.4) is 0 Å². The molecule has 3 N–H and O–H groups in total. The number of morpholine rings is 1. The van der Waals surface area contributed by atoms with Gasteiger partial charge < -0.3 is 30.5 Å². The molecule has 2 aromatic heterocycles. The molecule has 3 aliphatic heterocycles. The summed E-state index contributed by atoms with van der Waals surface area (Å²) in [5.41, 5.74) is 9.98. The first-order valence-corrected chi connectivity index (χ1v) is 13.6. The van der Waals surface area contributed by atoms with Crippen LogP contribution in [0.1, 0.15) is 12.5 Å². The van der Waals surface area contributed by atoms with Gasteiger partial charge in [0.25, 0.3) is 0 Å². The molecule has 2 fully saturated rings. The van der Waals surface area contributed by atoms with E-state index < -0.39 is 0 Å². The predicted octanol–water partition coefficient (Wildman–Crippen LogP) is 2.09. The number of nitrogens with one attached hydrogen (secondary N) is 1. The minimum absolute atomic E-state index is 0.202. The van der Waals surface area contributed by atoms with E-state index in [0.29, 0.717) is 51.0 Å². The van der Waals surface area contributed by atoms with Gasteiger partial charge in [-0.25, -0.2) is 19.7 Å². The second-order valence-corrected chi connectivity index (χ2v) is 9.91. The van der Waals surface area contributed by atoms with Gasteiger partial charge in [0.1, 0.15) is 5.82 Å². The van der Waals surface area contributed by atoms with E-state index in [1.165, 1.54) is 0 Å². The second kappa shape index (κ2) is 11.0. The van der Waals surface area contributed by atoms with Crippen molar-refractivity contribution in [1.82, 2.24) is 24.8 Å². The normalized spacial score (nSPS) is 17.8. The Morgan fingerprint density at radius 1 is 1.00 bits per heavy atom. The molecule has 2 saturated heterocycles. The Balaban J connectivity index is 1.26. The topological polar surface area (TPSA) is 129 Å². The Morgan fingerprint density at radius 2 is 1.77 bits per heavy atom. The van der Waals surface area contributed by atoms with E-state index in [-0.39, 0.29) is 12.0 Å². The van der Waals surface area contributed by atoms with Crippen LogP contribution in [0.5, 0.6) is 0 Å². The molecule has 2 amide bonds. The lowest BCUT2D eigenvalue weighted by molar-refractivity contribution is 0.122. The zero-order valence-electron chi connectivity index (χ0n) is 22.2. The minimum Gasteiger partial charge on any atom is -0.378 e. The van der Waals surface area contributed by atoms with E-state index in [1.807, 2.05) is 18.2 Å². The van der Waals surface area contributed by atoms with Gasteiger partial charge in [0, 0.05) is 80.7 Å². The van der Waals surface area contributed by atoms with Gasteiger partial charge in [-0.15, -0.1) is 0 Å². The highest BCUT2D eigenvalue weighted by Crippen LogP contribution is 2.36. The summed E-state index contributed by atoms with van der Waals surface area (Å²) in [5, 5.41) is 3.10. The van der Waals surface area contributed by atoms with Crippen LogP contribution in [0.2, 0.25) is 0 Å². The number of benzene rings is 1. The number of nitrogens with zero attached hydrogens (tertiary/aromatic N) is 8. The van der Waals surface area contributed by atoms with Crippen LogP contribution in [-0.4, -0.2) is 96.4 Å². The van der Waals surface area contributed by atoms with Gasteiger partial charge >= 0.3 is 6.03 Å². The zero-order chi connectivity index (χ0) is 26.8. The smallest absolute Gasteiger partial charge is 0.327 e. The molecular weight excluding hydrogens is 496 g/mol. The first-order valence-electron chi connectivity index (χ1n) is 13.6. The first-order chi connectivity index (χ1) is 19.1. The van der Waals surface area contributed by atoms with Crippen LogP contribution >= 0.6 is 0 Å². The molecule has 12 nitrogen and oxygen atoms in total. The van der Waals surface area contributed by atoms with E-state index >= 15 is 0 Å². The summed E-state index contributed by atoms with van der Waals surface area (Å²) in [6, 6.07) is 7.86. The van der Waals surface area contributed by atoms with Crippen LogP contribution in [0.15, 0.2) is 36.7 Å². The zero-order valence-corrected chi connectivity index (χ0v) is 22.2. The van der Waals surface area contributed by atoms with Gasteiger partial charge in [0.15, 0.2) is 0 Å². The second-order valence-electron chi connectivity index (χ2n) is 9.91. The third-order valence-corrected chi connectivity index (χ3v) is 7.58. The number of anilines is 5. The molecule has 0 spiro atoms. The van der Waals surface area contributed by atoms with E-state index in [0.717, 1.165) is 60.9 Å². The number of hydrogen-bond donors (Lipinski definition) is 2. The third kappa shape index (κ3) is 5.30. The fraction of sp³-hybridized carbons (Fsp3) is 0.444. The summed E-state index contributed by atoms with van der Waals surface area (Å²) in [7, 11) is 0. The molecule has 39 heavy (non-hydrogen) atoms. The lowest BCUT2D eigenvalue weighted by atomic mass is 10.1. The molecule has 3 aliphatic rings. The fourth-order valence-corrected chi connectivity index (χ4v) is 5.34. The van der Waals surface area contributed by atoms with Crippen molar-refractivity contribution in [3.63, 3.8) is 0 Å². The Labute approximate surface area is 227 Å².